The zero-order valence-corrected chi connectivity index (χ0v) is 22.2. The molecule has 0 bridgehead atoms. The van der Waals surface area contributed by atoms with Crippen LogP contribution in [0.1, 0.15) is 33.6 Å². The molecular weight excluding hydrogens is 488 g/mol. The van der Waals surface area contributed by atoms with Gasteiger partial charge in [0.2, 0.25) is 0 Å². The number of nitrogens with zero attached hydrogens (tertiary/aromatic N) is 2. The van der Waals surface area contributed by atoms with Gasteiger partial charge < -0.3 is 20.5 Å². The molecule has 0 aliphatic rings. The number of aromatic nitrogens is 2. The number of anilines is 2. The van der Waals surface area contributed by atoms with Crippen molar-refractivity contribution in [2.24, 2.45) is 5.73 Å². The summed E-state index contributed by atoms with van der Waals surface area (Å²) in [6.45, 7) is 7.20. The number of allylic oxidation sites excluding steroid dienone is 1. The van der Waals surface area contributed by atoms with Crippen molar-refractivity contribution in [2.45, 2.75) is 26.2 Å². The van der Waals surface area contributed by atoms with Crippen LogP contribution in [0.4, 0.5) is 11.5 Å². The molecule has 0 amide bonds. The van der Waals surface area contributed by atoms with E-state index in [-0.39, 0.29) is 12.6 Å². The SMILES string of the molecule is C=CCc1c(C)nc(-c2ccccc2)nc1Nc1ccc(C(=O)OCCCOc2ccc(CCN)cc2)cc1. The first-order valence-corrected chi connectivity index (χ1v) is 13.1. The topological polar surface area (TPSA) is 99.4 Å². The number of aryl methyl sites for hydroxylation is 1. The maximum atomic E-state index is 12.5. The molecule has 0 fully saturated rings. The third kappa shape index (κ3) is 7.75. The molecule has 1 aromatic heterocycles. The average Bonchev–Trinajstić information content (AvgIpc) is 2.96. The van der Waals surface area contributed by atoms with Gasteiger partial charge in [0.05, 0.1) is 18.8 Å². The molecular formula is C32H34N4O3. The Morgan fingerprint density at radius 3 is 2.41 bits per heavy atom. The molecule has 3 aromatic carbocycles. The highest BCUT2D eigenvalue weighted by atomic mass is 16.5. The second-order valence-electron chi connectivity index (χ2n) is 9.04. The maximum Gasteiger partial charge on any atom is 0.338 e. The Balaban J connectivity index is 1.32. The molecule has 4 rings (SSSR count). The van der Waals surface area contributed by atoms with Crippen molar-refractivity contribution in [2.75, 3.05) is 25.1 Å². The molecule has 3 N–H and O–H groups in total. The summed E-state index contributed by atoms with van der Waals surface area (Å²) in [7, 11) is 0. The number of benzene rings is 3. The van der Waals surface area contributed by atoms with Crippen LogP contribution in [-0.2, 0) is 17.6 Å². The Bertz CT molecular complexity index is 1370. The monoisotopic (exact) mass is 522 g/mol. The summed E-state index contributed by atoms with van der Waals surface area (Å²) in [6.07, 6.45) is 3.91. The molecule has 1 heterocycles. The van der Waals surface area contributed by atoms with E-state index in [1.54, 1.807) is 12.1 Å². The third-order valence-corrected chi connectivity index (χ3v) is 6.12. The molecule has 0 saturated carbocycles. The Morgan fingerprint density at radius 2 is 1.72 bits per heavy atom. The minimum absolute atomic E-state index is 0.275. The summed E-state index contributed by atoms with van der Waals surface area (Å²) in [5, 5.41) is 3.39. The standard InChI is InChI=1S/C32H34N4O3/c1-3-8-29-23(2)34-30(25-9-5-4-6-10-25)36-31(29)35-27-15-13-26(14-16-27)32(37)39-22-7-21-38-28-17-11-24(12-18-28)19-20-33/h3-6,9-18H,1,7-8,19-22,33H2,2H3,(H,34,35,36). The molecule has 0 aliphatic carbocycles. The van der Waals surface area contributed by atoms with Gasteiger partial charge in [0.15, 0.2) is 5.82 Å². The molecule has 0 atom stereocenters. The highest BCUT2D eigenvalue weighted by Gasteiger charge is 2.13. The van der Waals surface area contributed by atoms with Gasteiger partial charge in [-0.05, 0) is 68.3 Å². The van der Waals surface area contributed by atoms with E-state index < -0.39 is 0 Å². The number of rotatable bonds is 13. The highest BCUT2D eigenvalue weighted by molar-refractivity contribution is 5.90. The van der Waals surface area contributed by atoms with Crippen molar-refractivity contribution in [3.05, 3.63) is 114 Å². The van der Waals surface area contributed by atoms with Crippen molar-refractivity contribution in [3.8, 4) is 17.1 Å². The van der Waals surface area contributed by atoms with Crippen molar-refractivity contribution >= 4 is 17.5 Å². The van der Waals surface area contributed by atoms with E-state index in [4.69, 9.17) is 25.2 Å². The second kappa shape index (κ2) is 13.9. The summed E-state index contributed by atoms with van der Waals surface area (Å²) in [6, 6.07) is 24.9. The largest absolute Gasteiger partial charge is 0.493 e. The quantitative estimate of drug-likeness (QED) is 0.125. The smallest absolute Gasteiger partial charge is 0.338 e. The fourth-order valence-electron chi connectivity index (χ4n) is 4.05. The van der Waals surface area contributed by atoms with Gasteiger partial charge in [-0.25, -0.2) is 14.8 Å². The number of nitrogens with two attached hydrogens (primary N) is 1. The van der Waals surface area contributed by atoms with Crippen LogP contribution in [0, 0.1) is 6.92 Å². The minimum Gasteiger partial charge on any atom is -0.493 e. The molecule has 39 heavy (non-hydrogen) atoms. The van der Waals surface area contributed by atoms with E-state index in [1.807, 2.05) is 79.7 Å². The van der Waals surface area contributed by atoms with Crippen LogP contribution in [0.25, 0.3) is 11.4 Å². The summed E-state index contributed by atoms with van der Waals surface area (Å²) in [5.74, 6) is 1.78. The molecule has 0 unspecified atom stereocenters. The number of hydrogen-bond acceptors (Lipinski definition) is 7. The van der Waals surface area contributed by atoms with E-state index in [0.29, 0.717) is 43.2 Å². The predicted octanol–water partition coefficient (Wildman–Crippen LogP) is 6.05. The lowest BCUT2D eigenvalue weighted by molar-refractivity contribution is 0.0486. The number of ether oxygens (including phenoxy) is 2. The first-order chi connectivity index (χ1) is 19.1. The van der Waals surface area contributed by atoms with E-state index in [2.05, 4.69) is 11.9 Å². The van der Waals surface area contributed by atoms with Gasteiger partial charge >= 0.3 is 5.97 Å². The molecule has 200 valence electrons. The fourth-order valence-corrected chi connectivity index (χ4v) is 4.05. The Morgan fingerprint density at radius 1 is 0.974 bits per heavy atom. The van der Waals surface area contributed by atoms with E-state index >= 15 is 0 Å². The fraction of sp³-hybridized carbons (Fsp3) is 0.219. The molecule has 0 radical (unpaired) electrons. The normalized spacial score (nSPS) is 10.6. The van der Waals surface area contributed by atoms with Crippen molar-refractivity contribution in [3.63, 3.8) is 0 Å². The summed E-state index contributed by atoms with van der Waals surface area (Å²) in [5.41, 5.74) is 10.8. The summed E-state index contributed by atoms with van der Waals surface area (Å²) < 4.78 is 11.1. The zero-order chi connectivity index (χ0) is 27.5. The van der Waals surface area contributed by atoms with Crippen LogP contribution in [-0.4, -0.2) is 35.7 Å². The first kappa shape index (κ1) is 27.5. The number of nitrogens with one attached hydrogen (secondary N) is 1. The lowest BCUT2D eigenvalue weighted by atomic mass is 10.1. The van der Waals surface area contributed by atoms with Gasteiger partial charge in [-0.3, -0.25) is 0 Å². The van der Waals surface area contributed by atoms with Crippen LogP contribution in [0.2, 0.25) is 0 Å². The zero-order valence-electron chi connectivity index (χ0n) is 22.2. The van der Waals surface area contributed by atoms with Crippen molar-refractivity contribution in [1.29, 1.82) is 0 Å². The summed E-state index contributed by atoms with van der Waals surface area (Å²) in [4.78, 5) is 22.0. The summed E-state index contributed by atoms with van der Waals surface area (Å²) >= 11 is 0. The van der Waals surface area contributed by atoms with Crippen molar-refractivity contribution in [1.82, 2.24) is 9.97 Å². The molecule has 4 aromatic rings. The van der Waals surface area contributed by atoms with Gasteiger partial charge in [-0.2, -0.15) is 0 Å². The van der Waals surface area contributed by atoms with Gasteiger partial charge in [-0.15, -0.1) is 6.58 Å². The van der Waals surface area contributed by atoms with Crippen LogP contribution in [0.15, 0.2) is 91.5 Å². The maximum absolute atomic E-state index is 12.5. The molecule has 0 saturated heterocycles. The van der Waals surface area contributed by atoms with Gasteiger partial charge in [-0.1, -0.05) is 48.5 Å². The number of carbonyl (C=O) groups is 1. The van der Waals surface area contributed by atoms with E-state index in [9.17, 15) is 4.79 Å². The third-order valence-electron chi connectivity index (χ3n) is 6.12. The lowest BCUT2D eigenvalue weighted by Gasteiger charge is -2.14. The number of esters is 1. The van der Waals surface area contributed by atoms with Gasteiger partial charge in [0.1, 0.15) is 11.6 Å². The Labute approximate surface area is 229 Å². The predicted molar refractivity (Wildman–Crippen MR) is 155 cm³/mol. The average molecular weight is 523 g/mol. The second-order valence-corrected chi connectivity index (χ2v) is 9.04. The minimum atomic E-state index is -0.371. The molecule has 0 aliphatic heterocycles. The highest BCUT2D eigenvalue weighted by Crippen LogP contribution is 2.26. The van der Waals surface area contributed by atoms with Gasteiger partial charge in [0.25, 0.3) is 0 Å². The van der Waals surface area contributed by atoms with Gasteiger partial charge in [0, 0.05) is 28.9 Å². The Kier molecular flexibility index (Phi) is 9.80. The van der Waals surface area contributed by atoms with Crippen LogP contribution >= 0.6 is 0 Å². The van der Waals surface area contributed by atoms with E-state index in [0.717, 1.165) is 34.7 Å². The Hall–Kier alpha value is -4.49. The van der Waals surface area contributed by atoms with Crippen LogP contribution < -0.4 is 15.8 Å². The molecule has 0 spiro atoms. The number of carbonyl (C=O) groups excluding carboxylic acids is 1. The molecule has 7 nitrogen and oxygen atoms in total. The molecule has 7 heteroatoms. The van der Waals surface area contributed by atoms with E-state index in [1.165, 1.54) is 5.56 Å². The number of hydrogen-bond donors (Lipinski definition) is 2. The van der Waals surface area contributed by atoms with Crippen LogP contribution in [0.5, 0.6) is 5.75 Å². The van der Waals surface area contributed by atoms with Crippen molar-refractivity contribution < 1.29 is 14.3 Å². The first-order valence-electron chi connectivity index (χ1n) is 13.1. The lowest BCUT2D eigenvalue weighted by Crippen LogP contribution is -2.09. The van der Waals surface area contributed by atoms with Crippen LogP contribution in [0.3, 0.4) is 0 Å².